The van der Waals surface area contributed by atoms with Crippen molar-refractivity contribution in [3.8, 4) is 0 Å². The minimum atomic E-state index is -0.193. The van der Waals surface area contributed by atoms with E-state index in [1.54, 1.807) is 0 Å². The fourth-order valence-corrected chi connectivity index (χ4v) is 2.28. The summed E-state index contributed by atoms with van der Waals surface area (Å²) >= 11 is 0. The molecule has 4 heteroatoms. The van der Waals surface area contributed by atoms with E-state index in [9.17, 15) is 9.59 Å². The predicted octanol–water partition coefficient (Wildman–Crippen LogP) is 1.65. The van der Waals surface area contributed by atoms with Crippen molar-refractivity contribution >= 4 is 12.4 Å². The molecule has 84 valence electrons. The summed E-state index contributed by atoms with van der Waals surface area (Å²) in [4.78, 5) is 24.0. The molecule has 0 aliphatic heterocycles. The highest BCUT2D eigenvalue weighted by atomic mass is 16.2. The molecule has 3 amide bonds. The van der Waals surface area contributed by atoms with Gasteiger partial charge in [0.05, 0.1) is 0 Å². The second kappa shape index (κ2) is 4.64. The van der Waals surface area contributed by atoms with Crippen LogP contribution in [-0.2, 0) is 4.79 Å². The number of urea groups is 1. The van der Waals surface area contributed by atoms with Crippen molar-refractivity contribution in [2.45, 2.75) is 57.0 Å². The van der Waals surface area contributed by atoms with Gasteiger partial charge in [0.2, 0.25) is 6.41 Å². The average Bonchev–Trinajstić information content (AvgIpc) is 2.66. The van der Waals surface area contributed by atoms with Gasteiger partial charge < -0.3 is 5.32 Å². The molecule has 15 heavy (non-hydrogen) atoms. The average molecular weight is 210 g/mol. The van der Waals surface area contributed by atoms with E-state index < -0.39 is 0 Å². The van der Waals surface area contributed by atoms with Crippen molar-refractivity contribution < 1.29 is 9.59 Å². The molecule has 0 radical (unpaired) electrons. The Balaban J connectivity index is 1.86. The van der Waals surface area contributed by atoms with Gasteiger partial charge in [0.25, 0.3) is 0 Å². The lowest BCUT2D eigenvalue weighted by Crippen LogP contribution is -2.49. The molecule has 0 aromatic rings. The summed E-state index contributed by atoms with van der Waals surface area (Å²) < 4.78 is 0. The highest BCUT2D eigenvalue weighted by molar-refractivity contribution is 5.85. The number of nitrogens with one attached hydrogen (secondary N) is 1. The van der Waals surface area contributed by atoms with Crippen LogP contribution in [0.2, 0.25) is 0 Å². The topological polar surface area (TPSA) is 49.4 Å². The van der Waals surface area contributed by atoms with Crippen LogP contribution < -0.4 is 5.32 Å². The van der Waals surface area contributed by atoms with E-state index in [2.05, 4.69) is 5.32 Å². The van der Waals surface area contributed by atoms with Crippen LogP contribution in [0, 0.1) is 0 Å². The quantitative estimate of drug-likeness (QED) is 0.720. The molecular formula is C11H18N2O2. The largest absolute Gasteiger partial charge is 0.335 e. The van der Waals surface area contributed by atoms with Gasteiger partial charge in [0, 0.05) is 12.1 Å². The molecule has 0 saturated heterocycles. The van der Waals surface area contributed by atoms with Gasteiger partial charge in [-0.1, -0.05) is 12.8 Å². The van der Waals surface area contributed by atoms with Crippen LogP contribution in [0.3, 0.4) is 0 Å². The third-order valence-electron chi connectivity index (χ3n) is 3.50. The molecule has 0 heterocycles. The molecule has 2 saturated carbocycles. The Hall–Kier alpha value is -1.06. The SMILES string of the molecule is O=CN(C(=O)NC1CCC1)C1CCCC1. The first-order valence-electron chi connectivity index (χ1n) is 5.85. The molecule has 1 N–H and O–H groups in total. The van der Waals surface area contributed by atoms with Crippen LogP contribution in [0.15, 0.2) is 0 Å². The summed E-state index contributed by atoms with van der Waals surface area (Å²) in [6.45, 7) is 0. The fraction of sp³-hybridized carbons (Fsp3) is 0.818. The number of hydrogen-bond donors (Lipinski definition) is 1. The Labute approximate surface area is 90.0 Å². The molecule has 0 unspecified atom stereocenters. The molecule has 2 rings (SSSR count). The maximum absolute atomic E-state index is 11.7. The highest BCUT2D eigenvalue weighted by Crippen LogP contribution is 2.23. The number of carbonyl (C=O) groups is 2. The molecule has 0 bridgehead atoms. The van der Waals surface area contributed by atoms with Crippen LogP contribution >= 0.6 is 0 Å². The minimum absolute atomic E-state index is 0.141. The molecular weight excluding hydrogens is 192 g/mol. The summed E-state index contributed by atoms with van der Waals surface area (Å²) in [6, 6.07) is 0.255. The van der Waals surface area contributed by atoms with Crippen molar-refractivity contribution in [3.05, 3.63) is 0 Å². The van der Waals surface area contributed by atoms with Crippen LogP contribution in [0.25, 0.3) is 0 Å². The third kappa shape index (κ3) is 2.30. The fourth-order valence-electron chi connectivity index (χ4n) is 2.28. The number of amides is 3. The molecule has 0 aromatic heterocycles. The summed E-state index contributed by atoms with van der Waals surface area (Å²) in [7, 11) is 0. The Morgan fingerprint density at radius 3 is 2.27 bits per heavy atom. The molecule has 0 atom stereocenters. The zero-order valence-corrected chi connectivity index (χ0v) is 8.95. The minimum Gasteiger partial charge on any atom is -0.335 e. The van der Waals surface area contributed by atoms with Gasteiger partial charge >= 0.3 is 6.03 Å². The lowest BCUT2D eigenvalue weighted by Gasteiger charge is -2.30. The van der Waals surface area contributed by atoms with Crippen molar-refractivity contribution in [3.63, 3.8) is 0 Å². The number of nitrogens with zero attached hydrogens (tertiary/aromatic N) is 1. The lowest BCUT2D eigenvalue weighted by atomic mass is 9.93. The number of imide groups is 1. The van der Waals surface area contributed by atoms with Crippen LogP contribution in [0.5, 0.6) is 0 Å². The highest BCUT2D eigenvalue weighted by Gasteiger charge is 2.28. The predicted molar refractivity (Wildman–Crippen MR) is 56.3 cm³/mol. The number of rotatable bonds is 3. The van der Waals surface area contributed by atoms with E-state index >= 15 is 0 Å². The zero-order chi connectivity index (χ0) is 10.7. The van der Waals surface area contributed by atoms with Gasteiger partial charge in [-0.15, -0.1) is 0 Å². The molecule has 2 aliphatic rings. The van der Waals surface area contributed by atoms with Gasteiger partial charge in [0.15, 0.2) is 0 Å². The van der Waals surface area contributed by atoms with Gasteiger partial charge in [0.1, 0.15) is 0 Å². The van der Waals surface area contributed by atoms with Crippen molar-refractivity contribution in [1.82, 2.24) is 10.2 Å². The second-order valence-electron chi connectivity index (χ2n) is 4.53. The summed E-state index contributed by atoms with van der Waals surface area (Å²) in [6.07, 6.45) is 8.19. The first-order valence-corrected chi connectivity index (χ1v) is 5.85. The van der Waals surface area contributed by atoms with Gasteiger partial charge in [-0.3, -0.25) is 9.69 Å². The first kappa shape index (κ1) is 10.5. The maximum atomic E-state index is 11.7. The zero-order valence-electron chi connectivity index (χ0n) is 8.95. The first-order chi connectivity index (χ1) is 7.31. The van der Waals surface area contributed by atoms with E-state index in [4.69, 9.17) is 0 Å². The van der Waals surface area contributed by atoms with E-state index in [-0.39, 0.29) is 12.1 Å². The lowest BCUT2D eigenvalue weighted by molar-refractivity contribution is -0.117. The van der Waals surface area contributed by atoms with Crippen LogP contribution in [-0.4, -0.2) is 29.4 Å². The smallest absolute Gasteiger partial charge is 0.324 e. The van der Waals surface area contributed by atoms with Crippen molar-refractivity contribution in [2.24, 2.45) is 0 Å². The van der Waals surface area contributed by atoms with E-state index in [1.807, 2.05) is 0 Å². The number of hydrogen-bond acceptors (Lipinski definition) is 2. The molecule has 0 aromatic carbocycles. The van der Waals surface area contributed by atoms with Crippen molar-refractivity contribution in [2.75, 3.05) is 0 Å². The Kier molecular flexibility index (Phi) is 3.23. The van der Waals surface area contributed by atoms with Gasteiger partial charge in [-0.2, -0.15) is 0 Å². The Morgan fingerprint density at radius 2 is 1.80 bits per heavy atom. The Morgan fingerprint density at radius 1 is 1.13 bits per heavy atom. The normalized spacial score (nSPS) is 22.1. The molecule has 0 spiro atoms. The maximum Gasteiger partial charge on any atom is 0.324 e. The number of carbonyl (C=O) groups excluding carboxylic acids is 2. The molecule has 2 fully saturated rings. The molecule has 2 aliphatic carbocycles. The standard InChI is InChI=1S/C11H18N2O2/c14-8-13(10-6-1-2-7-10)11(15)12-9-4-3-5-9/h8-10H,1-7H2,(H,12,15). The molecule has 4 nitrogen and oxygen atoms in total. The van der Waals surface area contributed by atoms with Gasteiger partial charge in [-0.05, 0) is 32.1 Å². The monoisotopic (exact) mass is 210 g/mol. The van der Waals surface area contributed by atoms with Crippen LogP contribution in [0.4, 0.5) is 4.79 Å². The summed E-state index contributed by atoms with van der Waals surface area (Å²) in [5.74, 6) is 0. The second-order valence-corrected chi connectivity index (χ2v) is 4.53. The summed E-state index contributed by atoms with van der Waals surface area (Å²) in [5.41, 5.74) is 0. The summed E-state index contributed by atoms with van der Waals surface area (Å²) in [5, 5.41) is 2.90. The third-order valence-corrected chi connectivity index (χ3v) is 3.50. The van der Waals surface area contributed by atoms with Crippen LogP contribution in [0.1, 0.15) is 44.9 Å². The van der Waals surface area contributed by atoms with E-state index in [0.29, 0.717) is 12.5 Å². The van der Waals surface area contributed by atoms with E-state index in [0.717, 1.165) is 38.5 Å². The van der Waals surface area contributed by atoms with E-state index in [1.165, 1.54) is 11.3 Å². The van der Waals surface area contributed by atoms with Gasteiger partial charge in [-0.25, -0.2) is 4.79 Å². The van der Waals surface area contributed by atoms with Crippen molar-refractivity contribution in [1.29, 1.82) is 0 Å². The Bertz CT molecular complexity index is 245.